The average molecular weight is 307 g/mol. The van der Waals surface area contributed by atoms with Crippen molar-refractivity contribution in [3.8, 4) is 6.07 Å². The van der Waals surface area contributed by atoms with Gasteiger partial charge in [0.05, 0.1) is 18.3 Å². The number of piperazine rings is 1. The van der Waals surface area contributed by atoms with Crippen molar-refractivity contribution < 1.29 is 4.79 Å². The minimum absolute atomic E-state index is 0.112. The highest BCUT2D eigenvalue weighted by Crippen LogP contribution is 2.16. The van der Waals surface area contributed by atoms with Gasteiger partial charge in [-0.1, -0.05) is 6.07 Å². The Bertz CT molecular complexity index is 700. The average Bonchev–Trinajstić information content (AvgIpc) is 2.63. The summed E-state index contributed by atoms with van der Waals surface area (Å²) in [5.74, 6) is 0.112. The van der Waals surface area contributed by atoms with Crippen LogP contribution in [0.1, 0.15) is 11.4 Å². The van der Waals surface area contributed by atoms with Crippen molar-refractivity contribution in [2.45, 2.75) is 6.42 Å². The Labute approximate surface area is 135 Å². The van der Waals surface area contributed by atoms with Crippen molar-refractivity contribution >= 4 is 11.6 Å². The molecule has 1 saturated heterocycles. The van der Waals surface area contributed by atoms with Gasteiger partial charge in [-0.15, -0.1) is 0 Å². The first kappa shape index (κ1) is 15.0. The van der Waals surface area contributed by atoms with Crippen molar-refractivity contribution in [3.63, 3.8) is 0 Å². The second-order valence-corrected chi connectivity index (χ2v) is 5.38. The first-order chi connectivity index (χ1) is 11.3. The minimum Gasteiger partial charge on any atom is -0.367 e. The summed E-state index contributed by atoms with van der Waals surface area (Å²) < 4.78 is 0. The van der Waals surface area contributed by atoms with Gasteiger partial charge in [-0.2, -0.15) is 5.26 Å². The fourth-order valence-electron chi connectivity index (χ4n) is 2.62. The first-order valence-corrected chi connectivity index (χ1v) is 7.55. The summed E-state index contributed by atoms with van der Waals surface area (Å²) in [6, 6.07) is 11.2. The highest BCUT2D eigenvalue weighted by molar-refractivity contribution is 5.78. The Morgan fingerprint density at radius 2 is 1.96 bits per heavy atom. The molecule has 0 spiro atoms. The van der Waals surface area contributed by atoms with Crippen LogP contribution in [-0.2, 0) is 11.2 Å². The van der Waals surface area contributed by atoms with Gasteiger partial charge in [-0.25, -0.2) is 4.98 Å². The van der Waals surface area contributed by atoms with Crippen LogP contribution in [-0.4, -0.2) is 47.0 Å². The van der Waals surface area contributed by atoms with E-state index >= 15 is 0 Å². The maximum Gasteiger partial charge on any atom is 0.228 e. The number of carbonyl (C=O) groups excluding carboxylic acids is 1. The molecule has 0 radical (unpaired) electrons. The summed E-state index contributed by atoms with van der Waals surface area (Å²) >= 11 is 0. The zero-order chi connectivity index (χ0) is 16.1. The van der Waals surface area contributed by atoms with E-state index in [0.717, 1.165) is 24.5 Å². The quantitative estimate of drug-likeness (QED) is 0.853. The van der Waals surface area contributed by atoms with Gasteiger partial charge in [-0.05, 0) is 24.3 Å². The fraction of sp³-hybridized carbons (Fsp3) is 0.294. The number of hydrogen-bond donors (Lipinski definition) is 0. The Morgan fingerprint density at radius 3 is 2.57 bits per heavy atom. The van der Waals surface area contributed by atoms with Crippen molar-refractivity contribution in [1.29, 1.82) is 5.26 Å². The number of hydrogen-bond acceptors (Lipinski definition) is 5. The molecule has 0 aromatic carbocycles. The molecule has 2 aromatic rings. The molecule has 3 heterocycles. The summed E-state index contributed by atoms with van der Waals surface area (Å²) in [7, 11) is 0. The van der Waals surface area contributed by atoms with Gasteiger partial charge in [0.25, 0.3) is 0 Å². The highest BCUT2D eigenvalue weighted by atomic mass is 16.2. The summed E-state index contributed by atoms with van der Waals surface area (Å²) in [6.07, 6.45) is 3.77. The lowest BCUT2D eigenvalue weighted by Gasteiger charge is -2.36. The zero-order valence-corrected chi connectivity index (χ0v) is 12.7. The number of pyridine rings is 2. The van der Waals surface area contributed by atoms with E-state index in [4.69, 9.17) is 5.26 Å². The molecule has 0 saturated carbocycles. The van der Waals surface area contributed by atoms with E-state index in [-0.39, 0.29) is 5.91 Å². The molecular formula is C17H17N5O. The zero-order valence-electron chi connectivity index (χ0n) is 12.7. The van der Waals surface area contributed by atoms with Gasteiger partial charge in [0.1, 0.15) is 11.8 Å². The van der Waals surface area contributed by atoms with Crippen molar-refractivity contribution in [2.75, 3.05) is 31.1 Å². The topological polar surface area (TPSA) is 73.1 Å². The SMILES string of the molecule is N#Cc1ccc(N2CCN(C(=O)Cc3ccccn3)CC2)cn1. The van der Waals surface area contributed by atoms with Crippen LogP contribution in [0.5, 0.6) is 0 Å². The number of nitriles is 1. The second-order valence-electron chi connectivity index (χ2n) is 5.38. The molecule has 3 rings (SSSR count). The molecule has 0 N–H and O–H groups in total. The molecule has 1 aliphatic rings. The Hall–Kier alpha value is -2.94. The third-order valence-corrected chi connectivity index (χ3v) is 3.92. The Balaban J connectivity index is 1.55. The Morgan fingerprint density at radius 1 is 1.13 bits per heavy atom. The Kier molecular flexibility index (Phi) is 4.48. The van der Waals surface area contributed by atoms with Crippen LogP contribution in [0.3, 0.4) is 0 Å². The van der Waals surface area contributed by atoms with Crippen molar-refractivity contribution in [1.82, 2.24) is 14.9 Å². The largest absolute Gasteiger partial charge is 0.367 e. The smallest absolute Gasteiger partial charge is 0.228 e. The number of nitrogens with zero attached hydrogens (tertiary/aromatic N) is 5. The molecule has 1 fully saturated rings. The molecule has 6 heteroatoms. The maximum atomic E-state index is 12.3. The van der Waals surface area contributed by atoms with Gasteiger partial charge in [0, 0.05) is 38.1 Å². The van der Waals surface area contributed by atoms with E-state index in [1.54, 1.807) is 18.5 Å². The normalized spacial score (nSPS) is 14.4. The third-order valence-electron chi connectivity index (χ3n) is 3.92. The van der Waals surface area contributed by atoms with E-state index in [1.807, 2.05) is 35.2 Å². The molecule has 0 aliphatic carbocycles. The summed E-state index contributed by atoms with van der Waals surface area (Å²) in [6.45, 7) is 2.90. The number of anilines is 1. The fourth-order valence-corrected chi connectivity index (χ4v) is 2.62. The van der Waals surface area contributed by atoms with Crippen molar-refractivity contribution in [3.05, 3.63) is 54.1 Å². The van der Waals surface area contributed by atoms with E-state index in [2.05, 4.69) is 14.9 Å². The molecule has 2 aromatic heterocycles. The number of amides is 1. The predicted molar refractivity (Wildman–Crippen MR) is 85.7 cm³/mol. The summed E-state index contributed by atoms with van der Waals surface area (Å²) in [5.41, 5.74) is 2.20. The lowest BCUT2D eigenvalue weighted by atomic mass is 10.2. The van der Waals surface area contributed by atoms with Crippen LogP contribution >= 0.6 is 0 Å². The van der Waals surface area contributed by atoms with E-state index in [1.165, 1.54) is 0 Å². The van der Waals surface area contributed by atoms with Crippen LogP contribution < -0.4 is 4.90 Å². The van der Waals surface area contributed by atoms with E-state index in [9.17, 15) is 4.79 Å². The van der Waals surface area contributed by atoms with Gasteiger partial charge in [0.15, 0.2) is 0 Å². The van der Waals surface area contributed by atoms with E-state index < -0.39 is 0 Å². The first-order valence-electron chi connectivity index (χ1n) is 7.55. The second kappa shape index (κ2) is 6.88. The summed E-state index contributed by atoms with van der Waals surface area (Å²) in [5, 5.41) is 8.78. The number of rotatable bonds is 3. The molecule has 0 atom stereocenters. The van der Waals surface area contributed by atoms with E-state index in [0.29, 0.717) is 25.2 Å². The molecule has 1 amide bonds. The highest BCUT2D eigenvalue weighted by Gasteiger charge is 2.21. The molecule has 116 valence electrons. The minimum atomic E-state index is 0.112. The van der Waals surface area contributed by atoms with Crippen LogP contribution in [0.4, 0.5) is 5.69 Å². The van der Waals surface area contributed by atoms with Gasteiger partial charge >= 0.3 is 0 Å². The molecule has 0 bridgehead atoms. The van der Waals surface area contributed by atoms with Gasteiger partial charge in [-0.3, -0.25) is 9.78 Å². The number of carbonyl (C=O) groups is 1. The monoisotopic (exact) mass is 307 g/mol. The van der Waals surface area contributed by atoms with Crippen LogP contribution in [0, 0.1) is 11.3 Å². The molecule has 0 unspecified atom stereocenters. The molecule has 23 heavy (non-hydrogen) atoms. The lowest BCUT2D eigenvalue weighted by Crippen LogP contribution is -2.49. The van der Waals surface area contributed by atoms with Crippen molar-refractivity contribution in [2.24, 2.45) is 0 Å². The predicted octanol–water partition coefficient (Wildman–Crippen LogP) is 1.24. The lowest BCUT2D eigenvalue weighted by molar-refractivity contribution is -0.130. The summed E-state index contributed by atoms with van der Waals surface area (Å²) in [4.78, 5) is 24.7. The molecule has 1 aliphatic heterocycles. The van der Waals surface area contributed by atoms with Crippen LogP contribution in [0.15, 0.2) is 42.7 Å². The standard InChI is InChI=1S/C17H17N5O/c18-12-15-4-5-16(13-20-15)21-7-9-22(10-8-21)17(23)11-14-3-1-2-6-19-14/h1-6,13H,7-11H2. The van der Waals surface area contributed by atoms with Crippen LogP contribution in [0.25, 0.3) is 0 Å². The molecule has 6 nitrogen and oxygen atoms in total. The van der Waals surface area contributed by atoms with Crippen LogP contribution in [0.2, 0.25) is 0 Å². The maximum absolute atomic E-state index is 12.3. The molecular weight excluding hydrogens is 290 g/mol. The third kappa shape index (κ3) is 3.64. The van der Waals surface area contributed by atoms with Gasteiger partial charge < -0.3 is 9.80 Å². The van der Waals surface area contributed by atoms with Gasteiger partial charge in [0.2, 0.25) is 5.91 Å². The number of aromatic nitrogens is 2.